The van der Waals surface area contributed by atoms with Gasteiger partial charge in [0.25, 0.3) is 9.05 Å². The molecule has 0 unspecified atom stereocenters. The molecule has 17 heavy (non-hydrogen) atoms. The van der Waals surface area contributed by atoms with Gasteiger partial charge in [-0.2, -0.15) is 0 Å². The number of hydrogen-bond acceptors (Lipinski definition) is 2. The molecule has 0 fully saturated rings. The van der Waals surface area contributed by atoms with Gasteiger partial charge in [-0.25, -0.2) is 8.42 Å². The van der Waals surface area contributed by atoms with Crippen LogP contribution in [0.2, 0.25) is 0 Å². The first-order valence-electron chi connectivity index (χ1n) is 5.21. The molecule has 0 aromatic heterocycles. The second-order valence-corrected chi connectivity index (χ2v) is 6.66. The lowest BCUT2D eigenvalue weighted by atomic mass is 10.1. The van der Waals surface area contributed by atoms with E-state index in [0.717, 1.165) is 23.1 Å². The first-order valence-corrected chi connectivity index (χ1v) is 7.52. The van der Waals surface area contributed by atoms with Crippen molar-refractivity contribution in [3.8, 4) is 11.1 Å². The van der Waals surface area contributed by atoms with E-state index in [1.54, 1.807) is 12.1 Å². The van der Waals surface area contributed by atoms with E-state index >= 15 is 0 Å². The third-order valence-electron chi connectivity index (χ3n) is 3.05. The Balaban J connectivity index is 2.25. The van der Waals surface area contributed by atoms with Crippen molar-refractivity contribution in [2.75, 3.05) is 0 Å². The third-order valence-corrected chi connectivity index (χ3v) is 4.40. The zero-order chi connectivity index (χ0) is 12.0. The van der Waals surface area contributed by atoms with Gasteiger partial charge in [0.05, 0.1) is 4.90 Å². The zero-order valence-electron chi connectivity index (χ0n) is 8.85. The quantitative estimate of drug-likeness (QED) is 0.633. The predicted octanol–water partition coefficient (Wildman–Crippen LogP) is 3.19. The van der Waals surface area contributed by atoms with Crippen molar-refractivity contribution in [3.05, 3.63) is 53.6 Å². The van der Waals surface area contributed by atoms with E-state index in [2.05, 4.69) is 6.07 Å². The number of fused-ring (bicyclic) bond motifs is 3. The highest BCUT2D eigenvalue weighted by Crippen LogP contribution is 2.37. The molecule has 4 heteroatoms. The number of rotatable bonds is 1. The number of hydrogen-bond donors (Lipinski definition) is 0. The summed E-state index contributed by atoms with van der Waals surface area (Å²) in [7, 11) is 1.70. The van der Waals surface area contributed by atoms with Gasteiger partial charge >= 0.3 is 0 Å². The first kappa shape index (κ1) is 10.8. The van der Waals surface area contributed by atoms with Gasteiger partial charge in [-0.05, 0) is 40.8 Å². The Bertz CT molecular complexity index is 705. The van der Waals surface area contributed by atoms with Crippen LogP contribution in [-0.2, 0) is 15.5 Å². The molecule has 0 saturated carbocycles. The molecule has 86 valence electrons. The van der Waals surface area contributed by atoms with Gasteiger partial charge in [0.15, 0.2) is 0 Å². The molecule has 1 aliphatic rings. The fourth-order valence-electron chi connectivity index (χ4n) is 2.25. The Morgan fingerprint density at radius 3 is 2.41 bits per heavy atom. The van der Waals surface area contributed by atoms with Crippen molar-refractivity contribution in [1.29, 1.82) is 0 Å². The van der Waals surface area contributed by atoms with Crippen LogP contribution in [-0.4, -0.2) is 8.42 Å². The largest absolute Gasteiger partial charge is 0.261 e. The van der Waals surface area contributed by atoms with E-state index in [4.69, 9.17) is 10.7 Å². The highest BCUT2D eigenvalue weighted by Gasteiger charge is 2.20. The van der Waals surface area contributed by atoms with Crippen LogP contribution in [0.5, 0.6) is 0 Å². The van der Waals surface area contributed by atoms with Crippen molar-refractivity contribution < 1.29 is 8.42 Å². The van der Waals surface area contributed by atoms with Gasteiger partial charge in [-0.1, -0.05) is 30.3 Å². The maximum Gasteiger partial charge on any atom is 0.261 e. The molecule has 0 N–H and O–H groups in total. The van der Waals surface area contributed by atoms with E-state index in [1.165, 1.54) is 5.56 Å². The lowest BCUT2D eigenvalue weighted by molar-refractivity contribution is 0.609. The highest BCUT2D eigenvalue weighted by atomic mass is 35.7. The van der Waals surface area contributed by atoms with Crippen molar-refractivity contribution in [1.82, 2.24) is 0 Å². The van der Waals surface area contributed by atoms with Crippen LogP contribution in [0.25, 0.3) is 11.1 Å². The highest BCUT2D eigenvalue weighted by molar-refractivity contribution is 8.13. The van der Waals surface area contributed by atoms with Crippen molar-refractivity contribution in [3.63, 3.8) is 0 Å². The molecule has 0 heterocycles. The maximum atomic E-state index is 11.3. The molecular weight excluding hydrogens is 256 g/mol. The Kier molecular flexibility index (Phi) is 2.28. The van der Waals surface area contributed by atoms with Gasteiger partial charge in [0.2, 0.25) is 0 Å². The van der Waals surface area contributed by atoms with E-state index in [9.17, 15) is 8.42 Å². The molecular formula is C13H9ClO2S. The summed E-state index contributed by atoms with van der Waals surface area (Å²) in [5.74, 6) is 0. The summed E-state index contributed by atoms with van der Waals surface area (Å²) >= 11 is 0. The van der Waals surface area contributed by atoms with Crippen molar-refractivity contribution >= 4 is 19.7 Å². The van der Waals surface area contributed by atoms with E-state index in [0.29, 0.717) is 0 Å². The molecule has 0 bridgehead atoms. The second kappa shape index (κ2) is 3.59. The first-order chi connectivity index (χ1) is 8.05. The maximum absolute atomic E-state index is 11.3. The van der Waals surface area contributed by atoms with Gasteiger partial charge < -0.3 is 0 Å². The Hall–Kier alpha value is -1.32. The average Bonchev–Trinajstić information content (AvgIpc) is 2.65. The monoisotopic (exact) mass is 264 g/mol. The van der Waals surface area contributed by atoms with E-state index < -0.39 is 9.05 Å². The van der Waals surface area contributed by atoms with Crippen molar-refractivity contribution in [2.45, 2.75) is 11.3 Å². The summed E-state index contributed by atoms with van der Waals surface area (Å²) in [5.41, 5.74) is 4.45. The minimum Gasteiger partial charge on any atom is -0.207 e. The van der Waals surface area contributed by atoms with Gasteiger partial charge in [-0.15, -0.1) is 0 Å². The van der Waals surface area contributed by atoms with Crippen LogP contribution < -0.4 is 0 Å². The molecule has 0 aliphatic heterocycles. The topological polar surface area (TPSA) is 34.1 Å². The molecule has 0 amide bonds. The molecule has 3 rings (SSSR count). The fraction of sp³-hybridized carbons (Fsp3) is 0.0769. The Morgan fingerprint density at radius 2 is 1.65 bits per heavy atom. The number of halogens is 1. The van der Waals surface area contributed by atoms with Crippen LogP contribution in [0, 0.1) is 0 Å². The predicted molar refractivity (Wildman–Crippen MR) is 67.7 cm³/mol. The van der Waals surface area contributed by atoms with Crippen LogP contribution >= 0.6 is 10.7 Å². The van der Waals surface area contributed by atoms with Crippen LogP contribution in [0.1, 0.15) is 11.1 Å². The van der Waals surface area contributed by atoms with Crippen LogP contribution in [0.4, 0.5) is 0 Å². The third kappa shape index (κ3) is 1.75. The zero-order valence-corrected chi connectivity index (χ0v) is 10.4. The van der Waals surface area contributed by atoms with Crippen molar-refractivity contribution in [2.24, 2.45) is 0 Å². The smallest absolute Gasteiger partial charge is 0.207 e. The molecule has 0 saturated heterocycles. The Morgan fingerprint density at radius 1 is 0.941 bits per heavy atom. The summed E-state index contributed by atoms with van der Waals surface area (Å²) in [5, 5.41) is 0. The second-order valence-electron chi connectivity index (χ2n) is 4.09. The van der Waals surface area contributed by atoms with E-state index in [-0.39, 0.29) is 4.90 Å². The van der Waals surface area contributed by atoms with Gasteiger partial charge in [0, 0.05) is 10.7 Å². The summed E-state index contributed by atoms with van der Waals surface area (Å²) in [6.45, 7) is 0. The molecule has 0 radical (unpaired) electrons. The minimum absolute atomic E-state index is 0.162. The van der Waals surface area contributed by atoms with Crippen LogP contribution in [0.15, 0.2) is 47.4 Å². The van der Waals surface area contributed by atoms with Gasteiger partial charge in [-0.3, -0.25) is 0 Å². The number of benzene rings is 2. The summed E-state index contributed by atoms with van der Waals surface area (Å²) in [6, 6.07) is 13.1. The standard InChI is InChI=1S/C13H9ClO2S/c14-17(15,16)11-6-5-10-7-9-3-1-2-4-12(9)13(10)8-11/h1-6,8H,7H2. The Labute approximate surface area is 104 Å². The average molecular weight is 265 g/mol. The molecule has 0 spiro atoms. The fourth-order valence-corrected chi connectivity index (χ4v) is 3.03. The molecule has 1 aliphatic carbocycles. The SMILES string of the molecule is O=S(=O)(Cl)c1ccc2c(c1)-c1ccccc1C2. The van der Waals surface area contributed by atoms with Crippen LogP contribution in [0.3, 0.4) is 0 Å². The lowest BCUT2D eigenvalue weighted by Crippen LogP contribution is -1.91. The summed E-state index contributed by atoms with van der Waals surface area (Å²) in [4.78, 5) is 0.162. The molecule has 2 aromatic rings. The summed E-state index contributed by atoms with van der Waals surface area (Å²) in [6.07, 6.45) is 0.855. The lowest BCUT2D eigenvalue weighted by Gasteiger charge is -2.02. The minimum atomic E-state index is -3.65. The normalized spacial score (nSPS) is 13.2. The van der Waals surface area contributed by atoms with Gasteiger partial charge in [0.1, 0.15) is 0 Å². The molecule has 0 atom stereocenters. The molecule has 2 nitrogen and oxygen atoms in total. The van der Waals surface area contributed by atoms with E-state index in [1.807, 2.05) is 24.3 Å². The summed E-state index contributed by atoms with van der Waals surface area (Å²) < 4.78 is 22.6. The molecule has 2 aromatic carbocycles.